The lowest BCUT2D eigenvalue weighted by Crippen LogP contribution is -2.33. The Morgan fingerprint density at radius 2 is 2.19 bits per heavy atom. The van der Waals surface area contributed by atoms with Crippen LogP contribution in [0.3, 0.4) is 0 Å². The maximum atomic E-state index is 4.49. The summed E-state index contributed by atoms with van der Waals surface area (Å²) >= 11 is 0. The van der Waals surface area contributed by atoms with Crippen molar-refractivity contribution in [2.24, 2.45) is 23.7 Å². The number of hydrogen-bond donors (Lipinski definition) is 1. The van der Waals surface area contributed by atoms with Crippen LogP contribution in [0, 0.1) is 23.7 Å². The third-order valence-corrected chi connectivity index (χ3v) is 5.60. The second-order valence-electron chi connectivity index (χ2n) is 7.40. The summed E-state index contributed by atoms with van der Waals surface area (Å²) in [6.07, 6.45) is 9.94. The Balaban J connectivity index is 1.46. The zero-order valence-electron chi connectivity index (χ0n) is 13.1. The van der Waals surface area contributed by atoms with Gasteiger partial charge in [-0.05, 0) is 49.5 Å². The molecular weight excluding hydrogens is 260 g/mol. The van der Waals surface area contributed by atoms with Gasteiger partial charge in [-0.3, -0.25) is 0 Å². The van der Waals surface area contributed by atoms with Crippen molar-refractivity contribution in [2.45, 2.75) is 52.1 Å². The predicted octanol–water partition coefficient (Wildman–Crippen LogP) is 2.72. The van der Waals surface area contributed by atoms with Gasteiger partial charge in [-0.15, -0.1) is 10.2 Å². The highest BCUT2D eigenvalue weighted by Gasteiger charge is 2.36. The van der Waals surface area contributed by atoms with E-state index in [9.17, 15) is 0 Å². The molecule has 0 radical (unpaired) electrons. The standard InChI is InChI=1S/C17H26N4/c1-11(2)16(17-20-19-15-4-3-7-21(15)17)18-10-14-9-12-5-6-13(14)8-12/h5-6,11-14,16,18H,3-4,7-10H2,1-2H3/t12-,13-,14-,16+/m0/s1. The molecule has 1 fully saturated rings. The van der Waals surface area contributed by atoms with E-state index in [-0.39, 0.29) is 0 Å². The third-order valence-electron chi connectivity index (χ3n) is 5.60. The average molecular weight is 286 g/mol. The second-order valence-corrected chi connectivity index (χ2v) is 7.40. The minimum absolute atomic E-state index is 0.340. The van der Waals surface area contributed by atoms with Crippen LogP contribution < -0.4 is 5.32 Å². The fraction of sp³-hybridized carbons (Fsp3) is 0.765. The topological polar surface area (TPSA) is 42.7 Å². The first kappa shape index (κ1) is 13.5. The number of nitrogens with zero attached hydrogens (tertiary/aromatic N) is 3. The van der Waals surface area contributed by atoms with Crippen molar-refractivity contribution >= 4 is 0 Å². The summed E-state index contributed by atoms with van der Waals surface area (Å²) < 4.78 is 2.35. The van der Waals surface area contributed by atoms with E-state index in [0.717, 1.165) is 43.1 Å². The van der Waals surface area contributed by atoms with Gasteiger partial charge in [-0.25, -0.2) is 0 Å². The van der Waals surface area contributed by atoms with Gasteiger partial charge in [0.15, 0.2) is 0 Å². The first-order chi connectivity index (χ1) is 10.2. The molecule has 3 aliphatic rings. The van der Waals surface area contributed by atoms with Gasteiger partial charge in [0.05, 0.1) is 6.04 Å². The first-order valence-electron chi connectivity index (χ1n) is 8.56. The molecule has 21 heavy (non-hydrogen) atoms. The molecule has 2 bridgehead atoms. The van der Waals surface area contributed by atoms with E-state index in [0.29, 0.717) is 12.0 Å². The largest absolute Gasteiger partial charge is 0.314 e. The summed E-state index contributed by atoms with van der Waals surface area (Å²) in [5.41, 5.74) is 0. The monoisotopic (exact) mass is 286 g/mol. The Kier molecular flexibility index (Phi) is 3.37. The van der Waals surface area contributed by atoms with Gasteiger partial charge in [0, 0.05) is 13.0 Å². The Labute approximate surface area is 127 Å². The normalized spacial score (nSPS) is 31.3. The SMILES string of the molecule is CC(C)[C@@H](NC[C@@H]1C[C@H]2C=C[C@H]1C2)c1nnc2n1CCC2. The number of allylic oxidation sites excluding steroid dienone is 2. The number of aryl methyl sites for hydroxylation is 1. The lowest BCUT2D eigenvalue weighted by Gasteiger charge is -2.26. The maximum Gasteiger partial charge on any atom is 0.150 e. The maximum absolute atomic E-state index is 4.49. The summed E-state index contributed by atoms with van der Waals surface area (Å²) in [5.74, 6) is 5.39. The molecular formula is C17H26N4. The molecule has 4 atom stereocenters. The molecule has 4 heteroatoms. The molecule has 2 aliphatic carbocycles. The minimum Gasteiger partial charge on any atom is -0.314 e. The summed E-state index contributed by atoms with van der Waals surface area (Å²) in [6, 6.07) is 0.340. The van der Waals surface area contributed by atoms with E-state index in [1.807, 2.05) is 0 Å². The van der Waals surface area contributed by atoms with Crippen molar-refractivity contribution in [3.8, 4) is 0 Å². The molecule has 1 saturated carbocycles. The van der Waals surface area contributed by atoms with Crippen LogP contribution in [0.1, 0.15) is 50.8 Å². The number of aromatic nitrogens is 3. The fourth-order valence-corrected chi connectivity index (χ4v) is 4.44. The number of hydrogen-bond acceptors (Lipinski definition) is 3. The lowest BCUT2D eigenvalue weighted by molar-refractivity contribution is 0.328. The molecule has 114 valence electrons. The van der Waals surface area contributed by atoms with Crippen molar-refractivity contribution in [3.63, 3.8) is 0 Å². The zero-order valence-corrected chi connectivity index (χ0v) is 13.1. The summed E-state index contributed by atoms with van der Waals surface area (Å²) in [6.45, 7) is 6.79. The van der Waals surface area contributed by atoms with Crippen molar-refractivity contribution in [2.75, 3.05) is 6.54 Å². The van der Waals surface area contributed by atoms with Crippen LogP contribution in [-0.4, -0.2) is 21.3 Å². The Bertz CT molecular complexity index is 545. The highest BCUT2D eigenvalue weighted by Crippen LogP contribution is 2.43. The van der Waals surface area contributed by atoms with E-state index < -0.39 is 0 Å². The van der Waals surface area contributed by atoms with E-state index >= 15 is 0 Å². The minimum atomic E-state index is 0.340. The second kappa shape index (κ2) is 5.24. The molecule has 1 aliphatic heterocycles. The molecule has 0 aromatic carbocycles. The molecule has 0 spiro atoms. The van der Waals surface area contributed by atoms with Crippen LogP contribution in [0.25, 0.3) is 0 Å². The van der Waals surface area contributed by atoms with Gasteiger partial charge in [0.2, 0.25) is 0 Å². The van der Waals surface area contributed by atoms with Crippen LogP contribution in [0.4, 0.5) is 0 Å². The van der Waals surface area contributed by atoms with Crippen LogP contribution in [-0.2, 0) is 13.0 Å². The van der Waals surface area contributed by atoms with Crippen LogP contribution in [0.2, 0.25) is 0 Å². The Morgan fingerprint density at radius 1 is 1.29 bits per heavy atom. The third kappa shape index (κ3) is 2.33. The van der Waals surface area contributed by atoms with Gasteiger partial charge in [0.1, 0.15) is 11.6 Å². The van der Waals surface area contributed by atoms with E-state index in [1.165, 1.54) is 25.1 Å². The lowest BCUT2D eigenvalue weighted by atomic mass is 9.92. The molecule has 4 rings (SSSR count). The van der Waals surface area contributed by atoms with Crippen molar-refractivity contribution in [1.29, 1.82) is 0 Å². The van der Waals surface area contributed by atoms with E-state index in [4.69, 9.17) is 0 Å². The van der Waals surface area contributed by atoms with Gasteiger partial charge in [0.25, 0.3) is 0 Å². The highest BCUT2D eigenvalue weighted by atomic mass is 15.3. The van der Waals surface area contributed by atoms with E-state index in [2.05, 4.69) is 46.1 Å². The predicted molar refractivity (Wildman–Crippen MR) is 82.8 cm³/mol. The van der Waals surface area contributed by atoms with Gasteiger partial charge < -0.3 is 9.88 Å². The van der Waals surface area contributed by atoms with Crippen molar-refractivity contribution < 1.29 is 0 Å². The van der Waals surface area contributed by atoms with Crippen LogP contribution >= 0.6 is 0 Å². The van der Waals surface area contributed by atoms with Crippen molar-refractivity contribution in [1.82, 2.24) is 20.1 Å². The number of rotatable bonds is 5. The van der Waals surface area contributed by atoms with Gasteiger partial charge in [-0.1, -0.05) is 26.0 Å². The van der Waals surface area contributed by atoms with Crippen molar-refractivity contribution in [3.05, 3.63) is 23.8 Å². The molecule has 0 unspecified atom stereocenters. The summed E-state index contributed by atoms with van der Waals surface area (Å²) in [7, 11) is 0. The molecule has 1 N–H and O–H groups in total. The smallest absolute Gasteiger partial charge is 0.150 e. The molecule has 2 heterocycles. The Morgan fingerprint density at radius 3 is 2.90 bits per heavy atom. The number of nitrogens with one attached hydrogen (secondary N) is 1. The molecule has 1 aromatic rings. The zero-order chi connectivity index (χ0) is 14.4. The fourth-order valence-electron chi connectivity index (χ4n) is 4.44. The molecule has 0 amide bonds. The summed E-state index contributed by atoms with van der Waals surface area (Å²) in [5, 5.41) is 12.7. The first-order valence-corrected chi connectivity index (χ1v) is 8.56. The average Bonchev–Trinajstić information content (AvgIpc) is 3.20. The van der Waals surface area contributed by atoms with Gasteiger partial charge >= 0.3 is 0 Å². The number of fused-ring (bicyclic) bond motifs is 3. The Hall–Kier alpha value is -1.16. The molecule has 1 aromatic heterocycles. The highest BCUT2D eigenvalue weighted by molar-refractivity contribution is 5.11. The van der Waals surface area contributed by atoms with E-state index in [1.54, 1.807) is 0 Å². The van der Waals surface area contributed by atoms with Crippen LogP contribution in [0.15, 0.2) is 12.2 Å². The van der Waals surface area contributed by atoms with Gasteiger partial charge in [-0.2, -0.15) is 0 Å². The molecule has 0 saturated heterocycles. The van der Waals surface area contributed by atoms with Crippen LogP contribution in [0.5, 0.6) is 0 Å². The quantitative estimate of drug-likeness (QED) is 0.846. The summed E-state index contributed by atoms with van der Waals surface area (Å²) in [4.78, 5) is 0. The molecule has 4 nitrogen and oxygen atoms in total.